The highest BCUT2D eigenvalue weighted by Crippen LogP contribution is 2.09. The van der Waals surface area contributed by atoms with Crippen LogP contribution in [0.3, 0.4) is 0 Å². The van der Waals surface area contributed by atoms with Gasteiger partial charge in [0.2, 0.25) is 0 Å². The standard InChI is InChI=1S/C14H11BrClN3O3/c15-10-3-6-13(21)19(7-10)8-12(20)17-18-14(22)9-1-4-11(16)5-2-9/h1-7H,8H2,(H,17,20)(H,18,22). The van der Waals surface area contributed by atoms with E-state index in [2.05, 4.69) is 26.8 Å². The van der Waals surface area contributed by atoms with Gasteiger partial charge in [0.15, 0.2) is 0 Å². The number of nitrogens with one attached hydrogen (secondary N) is 2. The molecule has 8 heteroatoms. The molecule has 0 spiro atoms. The molecule has 22 heavy (non-hydrogen) atoms. The molecule has 0 radical (unpaired) electrons. The first kappa shape index (κ1) is 16.3. The zero-order valence-electron chi connectivity index (χ0n) is 11.2. The second-order valence-electron chi connectivity index (χ2n) is 4.32. The van der Waals surface area contributed by atoms with E-state index < -0.39 is 11.8 Å². The number of rotatable bonds is 3. The predicted molar refractivity (Wildman–Crippen MR) is 85.5 cm³/mol. The third kappa shape index (κ3) is 4.44. The van der Waals surface area contributed by atoms with Gasteiger partial charge >= 0.3 is 0 Å². The molecule has 0 saturated heterocycles. The molecule has 0 aliphatic rings. The topological polar surface area (TPSA) is 80.2 Å². The summed E-state index contributed by atoms with van der Waals surface area (Å²) in [6, 6.07) is 9.12. The molecule has 0 bridgehead atoms. The van der Waals surface area contributed by atoms with Crippen molar-refractivity contribution in [3.8, 4) is 0 Å². The lowest BCUT2D eigenvalue weighted by molar-refractivity contribution is -0.122. The van der Waals surface area contributed by atoms with Crippen molar-refractivity contribution in [1.82, 2.24) is 15.4 Å². The smallest absolute Gasteiger partial charge is 0.269 e. The molecule has 0 aliphatic heterocycles. The lowest BCUT2D eigenvalue weighted by Gasteiger charge is -2.09. The van der Waals surface area contributed by atoms with Crippen LogP contribution in [0.15, 0.2) is 51.9 Å². The van der Waals surface area contributed by atoms with Crippen molar-refractivity contribution in [3.05, 3.63) is 68.0 Å². The second-order valence-corrected chi connectivity index (χ2v) is 5.67. The fourth-order valence-corrected chi connectivity index (χ4v) is 2.13. The number of nitrogens with zero attached hydrogens (tertiary/aromatic N) is 1. The Kier molecular flexibility index (Phi) is 5.35. The molecule has 0 aliphatic carbocycles. The molecule has 114 valence electrons. The number of pyridine rings is 1. The SMILES string of the molecule is O=C(Cn1cc(Br)ccc1=O)NNC(=O)c1ccc(Cl)cc1. The van der Waals surface area contributed by atoms with E-state index in [4.69, 9.17) is 11.6 Å². The van der Waals surface area contributed by atoms with Gasteiger partial charge in [0, 0.05) is 27.3 Å². The molecule has 1 heterocycles. The molecule has 2 amide bonds. The van der Waals surface area contributed by atoms with Crippen LogP contribution in [0.2, 0.25) is 5.02 Å². The Morgan fingerprint density at radius 1 is 1.09 bits per heavy atom. The van der Waals surface area contributed by atoms with Crippen molar-refractivity contribution in [2.75, 3.05) is 0 Å². The minimum absolute atomic E-state index is 0.209. The van der Waals surface area contributed by atoms with Crippen molar-refractivity contribution in [2.24, 2.45) is 0 Å². The first-order valence-corrected chi connectivity index (χ1v) is 7.33. The van der Waals surface area contributed by atoms with Gasteiger partial charge in [-0.2, -0.15) is 0 Å². The van der Waals surface area contributed by atoms with Crippen molar-refractivity contribution < 1.29 is 9.59 Å². The quantitative estimate of drug-likeness (QED) is 0.791. The Labute approximate surface area is 139 Å². The van der Waals surface area contributed by atoms with Crippen LogP contribution in [0.5, 0.6) is 0 Å². The minimum atomic E-state index is -0.525. The monoisotopic (exact) mass is 383 g/mol. The summed E-state index contributed by atoms with van der Waals surface area (Å²) in [6.45, 7) is -0.209. The lowest BCUT2D eigenvalue weighted by atomic mass is 10.2. The summed E-state index contributed by atoms with van der Waals surface area (Å²) in [5.74, 6) is -1.01. The maximum absolute atomic E-state index is 11.8. The molecule has 2 N–H and O–H groups in total. The van der Waals surface area contributed by atoms with E-state index >= 15 is 0 Å². The average molecular weight is 385 g/mol. The normalized spacial score (nSPS) is 10.1. The number of carbonyl (C=O) groups is 2. The van der Waals surface area contributed by atoms with Gasteiger partial charge in [0.1, 0.15) is 6.54 Å². The van der Waals surface area contributed by atoms with Gasteiger partial charge in [-0.1, -0.05) is 11.6 Å². The van der Waals surface area contributed by atoms with Gasteiger partial charge in [-0.05, 0) is 46.3 Å². The molecule has 0 atom stereocenters. The van der Waals surface area contributed by atoms with Gasteiger partial charge in [0.25, 0.3) is 17.4 Å². The van der Waals surface area contributed by atoms with Crippen LogP contribution in [0.4, 0.5) is 0 Å². The molecule has 1 aromatic heterocycles. The molecular weight excluding hydrogens is 374 g/mol. The minimum Gasteiger partial charge on any atom is -0.305 e. The number of hydrazine groups is 1. The highest BCUT2D eigenvalue weighted by atomic mass is 79.9. The number of hydrogen-bond acceptors (Lipinski definition) is 3. The summed E-state index contributed by atoms with van der Waals surface area (Å²) in [4.78, 5) is 35.1. The summed E-state index contributed by atoms with van der Waals surface area (Å²) in [5, 5.41) is 0.509. The molecule has 0 unspecified atom stereocenters. The zero-order valence-corrected chi connectivity index (χ0v) is 13.5. The van der Waals surface area contributed by atoms with Crippen molar-refractivity contribution in [2.45, 2.75) is 6.54 Å². The van der Waals surface area contributed by atoms with Crippen LogP contribution in [0, 0.1) is 0 Å². The van der Waals surface area contributed by atoms with E-state index in [1.807, 2.05) is 0 Å². The first-order valence-electron chi connectivity index (χ1n) is 6.16. The van der Waals surface area contributed by atoms with Crippen LogP contribution in [-0.2, 0) is 11.3 Å². The van der Waals surface area contributed by atoms with Crippen LogP contribution in [-0.4, -0.2) is 16.4 Å². The Balaban J connectivity index is 1.92. The molecule has 0 saturated carbocycles. The van der Waals surface area contributed by atoms with Crippen LogP contribution in [0.25, 0.3) is 0 Å². The average Bonchev–Trinajstić information content (AvgIpc) is 2.49. The molecule has 1 aromatic carbocycles. The van der Waals surface area contributed by atoms with Crippen molar-refractivity contribution in [3.63, 3.8) is 0 Å². The Bertz CT molecular complexity index is 759. The number of halogens is 2. The molecular formula is C14H11BrClN3O3. The summed E-state index contributed by atoms with van der Waals surface area (Å²) >= 11 is 8.94. The highest BCUT2D eigenvalue weighted by molar-refractivity contribution is 9.10. The second kappa shape index (κ2) is 7.24. The van der Waals surface area contributed by atoms with Crippen molar-refractivity contribution in [1.29, 1.82) is 0 Å². The Morgan fingerprint density at radius 3 is 2.45 bits per heavy atom. The number of benzene rings is 1. The fourth-order valence-electron chi connectivity index (χ4n) is 1.62. The van der Waals surface area contributed by atoms with E-state index in [0.717, 1.165) is 0 Å². The number of aromatic nitrogens is 1. The third-order valence-corrected chi connectivity index (χ3v) is 3.40. The number of hydrogen-bond donors (Lipinski definition) is 2. The highest BCUT2D eigenvalue weighted by Gasteiger charge is 2.08. The molecule has 2 rings (SSSR count). The first-order chi connectivity index (χ1) is 10.5. The zero-order chi connectivity index (χ0) is 16.1. The van der Waals surface area contributed by atoms with Gasteiger partial charge in [-0.3, -0.25) is 25.2 Å². The maximum atomic E-state index is 11.8. The summed E-state index contributed by atoms with van der Waals surface area (Å²) < 4.78 is 1.89. The molecule has 2 aromatic rings. The van der Waals surface area contributed by atoms with E-state index in [0.29, 0.717) is 15.1 Å². The van der Waals surface area contributed by atoms with Crippen molar-refractivity contribution >= 4 is 39.3 Å². The molecule has 6 nitrogen and oxygen atoms in total. The van der Waals surface area contributed by atoms with E-state index in [1.54, 1.807) is 18.2 Å². The van der Waals surface area contributed by atoms with Crippen LogP contribution >= 0.6 is 27.5 Å². The van der Waals surface area contributed by atoms with Crippen LogP contribution < -0.4 is 16.4 Å². The maximum Gasteiger partial charge on any atom is 0.269 e. The van der Waals surface area contributed by atoms with Gasteiger partial charge in [-0.25, -0.2) is 0 Å². The Hall–Kier alpha value is -2.12. The summed E-state index contributed by atoms with van der Waals surface area (Å²) in [6.07, 6.45) is 1.49. The van der Waals surface area contributed by atoms with Gasteiger partial charge < -0.3 is 4.57 Å². The van der Waals surface area contributed by atoms with Gasteiger partial charge in [0.05, 0.1) is 0 Å². The van der Waals surface area contributed by atoms with Gasteiger partial charge in [-0.15, -0.1) is 0 Å². The van der Waals surface area contributed by atoms with Crippen LogP contribution in [0.1, 0.15) is 10.4 Å². The number of carbonyl (C=O) groups excluding carboxylic acids is 2. The number of amides is 2. The summed E-state index contributed by atoms with van der Waals surface area (Å²) in [5.41, 5.74) is 4.54. The Morgan fingerprint density at radius 2 is 1.77 bits per heavy atom. The van der Waals surface area contributed by atoms with E-state index in [1.165, 1.54) is 29.0 Å². The van der Waals surface area contributed by atoms with E-state index in [9.17, 15) is 14.4 Å². The molecule has 0 fully saturated rings. The fraction of sp³-hybridized carbons (Fsp3) is 0.0714. The van der Waals surface area contributed by atoms with E-state index in [-0.39, 0.29) is 12.1 Å². The summed E-state index contributed by atoms with van der Waals surface area (Å²) in [7, 11) is 0. The largest absolute Gasteiger partial charge is 0.305 e. The third-order valence-electron chi connectivity index (χ3n) is 2.68. The lowest BCUT2D eigenvalue weighted by Crippen LogP contribution is -2.44. The predicted octanol–water partition coefficient (Wildman–Crippen LogP) is 1.73.